The molecule has 1 aromatic carbocycles. The third-order valence-corrected chi connectivity index (χ3v) is 3.29. The van der Waals surface area contributed by atoms with Crippen LogP contribution in [0.3, 0.4) is 0 Å². The van der Waals surface area contributed by atoms with Crippen molar-refractivity contribution in [2.24, 2.45) is 0 Å². The number of halogens is 1. The molecule has 0 atom stereocenters. The topological polar surface area (TPSA) is 18.5 Å². The van der Waals surface area contributed by atoms with Crippen LogP contribution in [0.25, 0.3) is 0 Å². The molecule has 1 aromatic rings. The van der Waals surface area contributed by atoms with Gasteiger partial charge in [-0.3, -0.25) is 0 Å². The van der Waals surface area contributed by atoms with Gasteiger partial charge in [-0.1, -0.05) is 12.1 Å². The molecule has 0 aliphatic heterocycles. The molecule has 0 amide bonds. The van der Waals surface area contributed by atoms with Crippen LogP contribution in [0.15, 0.2) is 29.2 Å². The van der Waals surface area contributed by atoms with Crippen LogP contribution in [0.5, 0.6) is 0 Å². The second-order valence-corrected chi connectivity index (χ2v) is 4.67. The average Bonchev–Trinajstić information content (AvgIpc) is 2.34. The lowest BCUT2D eigenvalue weighted by Crippen LogP contribution is -2.04. The molecule has 2 nitrogen and oxygen atoms in total. The van der Waals surface area contributed by atoms with Gasteiger partial charge in [0.25, 0.3) is 0 Å². The summed E-state index contributed by atoms with van der Waals surface area (Å²) < 4.78 is 10.3. The highest BCUT2D eigenvalue weighted by molar-refractivity contribution is 7.99. The third-order valence-electron chi connectivity index (χ3n) is 2.01. The molecule has 0 aromatic heterocycles. The number of benzene rings is 1. The standard InChI is InChI=1S/C12H17ClO2S/c1-14-6-7-15-8-9-16-12-4-2-11(10-13)3-5-12/h2-5H,6-10H2,1H3. The van der Waals surface area contributed by atoms with Gasteiger partial charge in [-0.25, -0.2) is 0 Å². The number of ether oxygens (including phenoxy) is 2. The maximum absolute atomic E-state index is 5.72. The second kappa shape index (κ2) is 8.88. The molecule has 0 fully saturated rings. The summed E-state index contributed by atoms with van der Waals surface area (Å²) in [5.74, 6) is 1.54. The van der Waals surface area contributed by atoms with E-state index in [1.165, 1.54) is 4.90 Å². The van der Waals surface area contributed by atoms with Gasteiger partial charge in [0.2, 0.25) is 0 Å². The van der Waals surface area contributed by atoms with Crippen LogP contribution in [0, 0.1) is 0 Å². The van der Waals surface area contributed by atoms with E-state index in [1.807, 2.05) is 0 Å². The molecule has 0 unspecified atom stereocenters. The molecule has 1 rings (SSSR count). The van der Waals surface area contributed by atoms with Crippen molar-refractivity contribution in [1.82, 2.24) is 0 Å². The normalized spacial score (nSPS) is 10.6. The van der Waals surface area contributed by atoms with Crippen molar-refractivity contribution in [3.63, 3.8) is 0 Å². The van der Waals surface area contributed by atoms with Gasteiger partial charge in [0, 0.05) is 23.6 Å². The van der Waals surface area contributed by atoms with E-state index in [9.17, 15) is 0 Å². The first-order valence-corrected chi connectivity index (χ1v) is 6.73. The molecule has 0 saturated carbocycles. The highest BCUT2D eigenvalue weighted by atomic mass is 35.5. The highest BCUT2D eigenvalue weighted by Gasteiger charge is 1.95. The Labute approximate surface area is 106 Å². The summed E-state index contributed by atoms with van der Waals surface area (Å²) in [6.07, 6.45) is 0. The summed E-state index contributed by atoms with van der Waals surface area (Å²) in [5.41, 5.74) is 1.15. The van der Waals surface area contributed by atoms with Crippen molar-refractivity contribution in [3.05, 3.63) is 29.8 Å². The summed E-state index contributed by atoms with van der Waals surface area (Å²) in [6, 6.07) is 8.30. The van der Waals surface area contributed by atoms with Crippen molar-refractivity contribution in [2.45, 2.75) is 10.8 Å². The fourth-order valence-corrected chi connectivity index (χ4v) is 2.08. The van der Waals surface area contributed by atoms with Gasteiger partial charge >= 0.3 is 0 Å². The van der Waals surface area contributed by atoms with Crippen LogP contribution in [-0.4, -0.2) is 32.7 Å². The van der Waals surface area contributed by atoms with Crippen molar-refractivity contribution in [1.29, 1.82) is 0 Å². The molecule has 0 aliphatic rings. The van der Waals surface area contributed by atoms with Crippen molar-refractivity contribution in [3.8, 4) is 0 Å². The lowest BCUT2D eigenvalue weighted by atomic mass is 10.2. The molecule has 0 bridgehead atoms. The second-order valence-electron chi connectivity index (χ2n) is 3.23. The molecule has 0 aliphatic carbocycles. The van der Waals surface area contributed by atoms with Gasteiger partial charge in [-0.2, -0.15) is 0 Å². The fraction of sp³-hybridized carbons (Fsp3) is 0.500. The highest BCUT2D eigenvalue weighted by Crippen LogP contribution is 2.18. The zero-order valence-corrected chi connectivity index (χ0v) is 11.0. The van der Waals surface area contributed by atoms with Crippen LogP contribution in [0.4, 0.5) is 0 Å². The summed E-state index contributed by atoms with van der Waals surface area (Å²) in [4.78, 5) is 1.25. The molecule has 90 valence electrons. The molecular formula is C12H17ClO2S. The molecular weight excluding hydrogens is 244 g/mol. The van der Waals surface area contributed by atoms with Crippen LogP contribution >= 0.6 is 23.4 Å². The SMILES string of the molecule is COCCOCCSc1ccc(CCl)cc1. The summed E-state index contributed by atoms with van der Waals surface area (Å²) >= 11 is 7.50. The number of alkyl halides is 1. The Kier molecular flexibility index (Phi) is 7.68. The van der Waals surface area contributed by atoms with Gasteiger partial charge in [-0.15, -0.1) is 23.4 Å². The first-order valence-electron chi connectivity index (χ1n) is 5.21. The maximum Gasteiger partial charge on any atom is 0.0700 e. The summed E-state index contributed by atoms with van der Waals surface area (Å²) in [6.45, 7) is 2.09. The molecule has 4 heteroatoms. The molecule has 0 radical (unpaired) electrons. The van der Waals surface area contributed by atoms with Gasteiger partial charge in [-0.05, 0) is 17.7 Å². The lowest BCUT2D eigenvalue weighted by molar-refractivity contribution is 0.0790. The van der Waals surface area contributed by atoms with Crippen LogP contribution in [-0.2, 0) is 15.4 Å². The minimum absolute atomic E-state index is 0.574. The molecule has 0 saturated heterocycles. The third kappa shape index (κ3) is 5.75. The predicted octanol–water partition coefficient (Wildman–Crippen LogP) is 3.18. The van der Waals surface area contributed by atoms with E-state index in [2.05, 4.69) is 24.3 Å². The minimum atomic E-state index is 0.574. The van der Waals surface area contributed by atoms with Gasteiger partial charge in [0.05, 0.1) is 19.8 Å². The van der Waals surface area contributed by atoms with Crippen LogP contribution in [0.2, 0.25) is 0 Å². The van der Waals surface area contributed by atoms with E-state index in [-0.39, 0.29) is 0 Å². The largest absolute Gasteiger partial charge is 0.382 e. The monoisotopic (exact) mass is 260 g/mol. The zero-order valence-electron chi connectivity index (χ0n) is 9.45. The Morgan fingerprint density at radius 2 is 1.88 bits per heavy atom. The number of hydrogen-bond acceptors (Lipinski definition) is 3. The van der Waals surface area contributed by atoms with E-state index in [0.717, 1.165) is 17.9 Å². The van der Waals surface area contributed by atoms with Crippen molar-refractivity contribution in [2.75, 3.05) is 32.7 Å². The number of thioether (sulfide) groups is 1. The maximum atomic E-state index is 5.72. The average molecular weight is 261 g/mol. The Morgan fingerprint density at radius 3 is 2.50 bits per heavy atom. The molecule has 0 spiro atoms. The smallest absolute Gasteiger partial charge is 0.0700 e. The van der Waals surface area contributed by atoms with E-state index in [4.69, 9.17) is 21.1 Å². The quantitative estimate of drug-likeness (QED) is 0.406. The van der Waals surface area contributed by atoms with Crippen LogP contribution in [0.1, 0.15) is 5.56 Å². The molecule has 0 heterocycles. The predicted molar refractivity (Wildman–Crippen MR) is 69.4 cm³/mol. The Bertz CT molecular complexity index is 277. The summed E-state index contributed by atoms with van der Waals surface area (Å²) in [5, 5.41) is 0. The fourth-order valence-electron chi connectivity index (χ4n) is 1.14. The lowest BCUT2D eigenvalue weighted by Gasteiger charge is -2.04. The van der Waals surface area contributed by atoms with E-state index < -0.39 is 0 Å². The number of rotatable bonds is 8. The molecule has 16 heavy (non-hydrogen) atoms. The van der Waals surface area contributed by atoms with E-state index in [0.29, 0.717) is 19.1 Å². The van der Waals surface area contributed by atoms with Crippen molar-refractivity contribution < 1.29 is 9.47 Å². The Morgan fingerprint density at radius 1 is 1.12 bits per heavy atom. The van der Waals surface area contributed by atoms with Gasteiger partial charge < -0.3 is 9.47 Å². The first kappa shape index (κ1) is 13.8. The minimum Gasteiger partial charge on any atom is -0.382 e. The number of hydrogen-bond donors (Lipinski definition) is 0. The van der Waals surface area contributed by atoms with Crippen LogP contribution < -0.4 is 0 Å². The Hall–Kier alpha value is -0.220. The first-order chi connectivity index (χ1) is 7.86. The Balaban J connectivity index is 2.12. The van der Waals surface area contributed by atoms with E-state index in [1.54, 1.807) is 18.9 Å². The summed E-state index contributed by atoms with van der Waals surface area (Å²) in [7, 11) is 1.68. The zero-order chi connectivity index (χ0) is 11.6. The van der Waals surface area contributed by atoms with Gasteiger partial charge in [0.15, 0.2) is 0 Å². The molecule has 0 N–H and O–H groups in total. The van der Waals surface area contributed by atoms with Crippen molar-refractivity contribution >= 4 is 23.4 Å². The van der Waals surface area contributed by atoms with E-state index >= 15 is 0 Å². The van der Waals surface area contributed by atoms with Gasteiger partial charge in [0.1, 0.15) is 0 Å². The number of methoxy groups -OCH3 is 1.